The molecule has 19 heavy (non-hydrogen) atoms. The van der Waals surface area contributed by atoms with Crippen molar-refractivity contribution in [2.45, 2.75) is 20.8 Å². The van der Waals surface area contributed by atoms with Crippen LogP contribution in [0.4, 0.5) is 0 Å². The van der Waals surface area contributed by atoms with Crippen molar-refractivity contribution in [3.63, 3.8) is 0 Å². The van der Waals surface area contributed by atoms with Crippen LogP contribution in [0.1, 0.15) is 19.4 Å². The van der Waals surface area contributed by atoms with E-state index in [9.17, 15) is 8.42 Å². The molecule has 0 spiro atoms. The van der Waals surface area contributed by atoms with E-state index in [0.717, 1.165) is 0 Å². The standard InChI is InChI=1S/C7H8.C4H10O2S.H2O4S/c1-7-5-3-2-4-6-7;1-3-7(5,6)4-2;1-5(2,3)4/h2-6H,1H3;3-4H2,1-2H3;(H2,1,2,3,4). The van der Waals surface area contributed by atoms with E-state index >= 15 is 0 Å². The summed E-state index contributed by atoms with van der Waals surface area (Å²) >= 11 is 0. The molecule has 0 saturated carbocycles. The predicted molar refractivity (Wildman–Crippen MR) is 75.4 cm³/mol. The van der Waals surface area contributed by atoms with Crippen LogP contribution in [0.5, 0.6) is 0 Å². The number of hydrogen-bond donors (Lipinski definition) is 2. The van der Waals surface area contributed by atoms with Crippen LogP contribution >= 0.6 is 0 Å². The third-order valence-electron chi connectivity index (χ3n) is 1.82. The zero-order valence-corrected chi connectivity index (χ0v) is 12.8. The summed E-state index contributed by atoms with van der Waals surface area (Å²) in [6.45, 7) is 5.39. The minimum absolute atomic E-state index is 0.267. The maximum Gasteiger partial charge on any atom is 0.394 e. The number of rotatable bonds is 2. The Labute approximate surface area is 115 Å². The number of hydrogen-bond acceptors (Lipinski definition) is 4. The highest BCUT2D eigenvalue weighted by Crippen LogP contribution is 1.92. The largest absolute Gasteiger partial charge is 0.394 e. The van der Waals surface area contributed by atoms with Gasteiger partial charge in [0.25, 0.3) is 0 Å². The lowest BCUT2D eigenvalue weighted by atomic mass is 10.2. The topological polar surface area (TPSA) is 109 Å². The Balaban J connectivity index is 0. The average Bonchev–Trinajstić information content (AvgIpc) is 2.29. The van der Waals surface area contributed by atoms with E-state index in [0.29, 0.717) is 0 Å². The van der Waals surface area contributed by atoms with E-state index in [-0.39, 0.29) is 11.5 Å². The Morgan fingerprint density at radius 2 is 1.21 bits per heavy atom. The fraction of sp³-hybridized carbons (Fsp3) is 0.455. The van der Waals surface area contributed by atoms with Crippen molar-refractivity contribution in [2.24, 2.45) is 0 Å². The van der Waals surface area contributed by atoms with Gasteiger partial charge in [-0.25, -0.2) is 8.42 Å². The van der Waals surface area contributed by atoms with Gasteiger partial charge in [-0.1, -0.05) is 49.7 Å². The van der Waals surface area contributed by atoms with Gasteiger partial charge in [0, 0.05) is 11.5 Å². The molecule has 2 N–H and O–H groups in total. The van der Waals surface area contributed by atoms with Gasteiger partial charge in [0.05, 0.1) is 0 Å². The number of aryl methyl sites for hydroxylation is 1. The lowest BCUT2D eigenvalue weighted by Gasteiger charge is -1.89. The first-order valence-corrected chi connectivity index (χ1v) is 8.65. The van der Waals surface area contributed by atoms with Crippen LogP contribution in [0.2, 0.25) is 0 Å². The minimum atomic E-state index is -4.67. The molecule has 0 atom stereocenters. The van der Waals surface area contributed by atoms with Gasteiger partial charge in [0.1, 0.15) is 9.84 Å². The molecule has 0 amide bonds. The summed E-state index contributed by atoms with van der Waals surface area (Å²) in [5.74, 6) is 0.535. The Hall–Kier alpha value is -0.960. The van der Waals surface area contributed by atoms with Gasteiger partial charge >= 0.3 is 10.4 Å². The van der Waals surface area contributed by atoms with Crippen LogP contribution in [0.15, 0.2) is 30.3 Å². The molecule has 0 radical (unpaired) electrons. The fourth-order valence-electron chi connectivity index (χ4n) is 0.739. The quantitative estimate of drug-likeness (QED) is 0.806. The van der Waals surface area contributed by atoms with Gasteiger partial charge in [0.15, 0.2) is 0 Å². The maximum atomic E-state index is 10.4. The Bertz CT molecular complexity index is 502. The van der Waals surface area contributed by atoms with Gasteiger partial charge in [-0.05, 0) is 6.92 Å². The number of benzene rings is 1. The maximum absolute atomic E-state index is 10.4. The molecule has 8 heteroatoms. The second kappa shape index (κ2) is 9.90. The molecule has 0 aliphatic carbocycles. The Morgan fingerprint density at radius 3 is 1.32 bits per heavy atom. The third kappa shape index (κ3) is 22.7. The number of sulfone groups is 1. The molecule has 6 nitrogen and oxygen atoms in total. The van der Waals surface area contributed by atoms with Crippen molar-refractivity contribution in [3.8, 4) is 0 Å². The second-order valence-electron chi connectivity index (χ2n) is 3.42. The van der Waals surface area contributed by atoms with Crippen molar-refractivity contribution in [3.05, 3.63) is 35.9 Å². The summed E-state index contributed by atoms with van der Waals surface area (Å²) in [4.78, 5) is 0. The molecule has 1 aromatic rings. The van der Waals surface area contributed by atoms with Crippen LogP contribution in [0.25, 0.3) is 0 Å². The van der Waals surface area contributed by atoms with Crippen molar-refractivity contribution in [1.29, 1.82) is 0 Å². The first kappa shape index (κ1) is 20.4. The van der Waals surface area contributed by atoms with Crippen molar-refractivity contribution < 1.29 is 25.9 Å². The molecule has 0 bridgehead atoms. The third-order valence-corrected chi connectivity index (χ3v) is 3.58. The zero-order valence-electron chi connectivity index (χ0n) is 11.1. The second-order valence-corrected chi connectivity index (χ2v) is 6.96. The van der Waals surface area contributed by atoms with Crippen LogP contribution in [-0.4, -0.2) is 37.4 Å². The summed E-state index contributed by atoms with van der Waals surface area (Å²) in [6.07, 6.45) is 0. The first-order valence-electron chi connectivity index (χ1n) is 5.43. The predicted octanol–water partition coefficient (Wildman–Crippen LogP) is 1.78. The molecule has 1 rings (SSSR count). The molecular weight excluding hydrogens is 292 g/mol. The lowest BCUT2D eigenvalue weighted by molar-refractivity contribution is 0.381. The van der Waals surface area contributed by atoms with E-state index in [4.69, 9.17) is 17.5 Å². The van der Waals surface area contributed by atoms with Gasteiger partial charge < -0.3 is 0 Å². The lowest BCUT2D eigenvalue weighted by Crippen LogP contribution is -2.04. The molecule has 0 aliphatic rings. The van der Waals surface area contributed by atoms with Gasteiger partial charge in [-0.15, -0.1) is 0 Å². The molecule has 0 aliphatic heterocycles. The van der Waals surface area contributed by atoms with Gasteiger partial charge in [-0.3, -0.25) is 9.11 Å². The first-order chi connectivity index (χ1) is 8.52. The summed E-state index contributed by atoms with van der Waals surface area (Å²) in [5, 5.41) is 0. The van der Waals surface area contributed by atoms with Gasteiger partial charge in [0.2, 0.25) is 0 Å². The van der Waals surface area contributed by atoms with Crippen molar-refractivity contribution in [2.75, 3.05) is 11.5 Å². The highest BCUT2D eigenvalue weighted by atomic mass is 32.3. The highest BCUT2D eigenvalue weighted by molar-refractivity contribution is 7.91. The van der Waals surface area contributed by atoms with Crippen LogP contribution in [-0.2, 0) is 20.2 Å². The zero-order chi connectivity index (χ0) is 15.5. The van der Waals surface area contributed by atoms with E-state index < -0.39 is 20.2 Å². The van der Waals surface area contributed by atoms with Crippen LogP contribution < -0.4 is 0 Å². The smallest absolute Gasteiger partial charge is 0.264 e. The summed E-state index contributed by atoms with van der Waals surface area (Å²) < 4.78 is 52.3. The molecular formula is C11H20O6S2. The molecule has 1 aromatic carbocycles. The monoisotopic (exact) mass is 312 g/mol. The summed E-state index contributed by atoms with van der Waals surface area (Å²) in [5.41, 5.74) is 1.32. The summed E-state index contributed by atoms with van der Waals surface area (Å²) in [7, 11) is -7.32. The van der Waals surface area contributed by atoms with E-state index in [1.54, 1.807) is 13.8 Å². The molecule has 0 heterocycles. The molecule has 0 fully saturated rings. The SMILES string of the molecule is CCS(=O)(=O)CC.Cc1ccccc1.O=S(=O)(O)O. The molecule has 0 unspecified atom stereocenters. The molecule has 112 valence electrons. The Morgan fingerprint density at radius 1 is 0.895 bits per heavy atom. The van der Waals surface area contributed by atoms with E-state index in [1.165, 1.54) is 5.56 Å². The molecule has 0 aromatic heterocycles. The normalized spacial score (nSPS) is 10.6. The summed E-state index contributed by atoms with van der Waals surface area (Å²) in [6, 6.07) is 10.3. The van der Waals surface area contributed by atoms with Crippen molar-refractivity contribution in [1.82, 2.24) is 0 Å². The highest BCUT2D eigenvalue weighted by Gasteiger charge is 1.99. The van der Waals surface area contributed by atoms with Crippen LogP contribution in [0, 0.1) is 6.92 Å². The Kier molecular flexibility index (Phi) is 10.6. The van der Waals surface area contributed by atoms with Crippen molar-refractivity contribution >= 4 is 20.2 Å². The molecule has 0 saturated heterocycles. The fourth-order valence-corrected chi connectivity index (χ4v) is 1.15. The minimum Gasteiger partial charge on any atom is -0.264 e. The van der Waals surface area contributed by atoms with Gasteiger partial charge in [-0.2, -0.15) is 8.42 Å². The average molecular weight is 312 g/mol. The van der Waals surface area contributed by atoms with Crippen LogP contribution in [0.3, 0.4) is 0 Å². The van der Waals surface area contributed by atoms with E-state index in [1.807, 2.05) is 18.2 Å². The van der Waals surface area contributed by atoms with E-state index in [2.05, 4.69) is 19.1 Å².